The number of allylic oxidation sites excluding steroid dienone is 1. The van der Waals surface area contributed by atoms with E-state index in [9.17, 15) is 0 Å². The quantitative estimate of drug-likeness (QED) is 0.140. The van der Waals surface area contributed by atoms with Crippen molar-refractivity contribution in [2.24, 2.45) is 16.7 Å². The van der Waals surface area contributed by atoms with Crippen molar-refractivity contribution in [3.05, 3.63) is 66.4 Å². The van der Waals surface area contributed by atoms with Crippen LogP contribution in [0.3, 0.4) is 0 Å². The minimum absolute atomic E-state index is 0.0161. The van der Waals surface area contributed by atoms with Crippen LogP contribution in [0.1, 0.15) is 79.8 Å². The predicted octanol–water partition coefficient (Wildman–Crippen LogP) is 13.0. The Morgan fingerprint density at radius 2 is 0.838 bits per heavy atom. The molecule has 0 amide bonds. The van der Waals surface area contributed by atoms with Crippen molar-refractivity contribution in [2.75, 3.05) is 40.3 Å². The van der Waals surface area contributed by atoms with Crippen molar-refractivity contribution in [3.63, 3.8) is 0 Å². The summed E-state index contributed by atoms with van der Waals surface area (Å²) in [6, 6.07) is 0. The molecule has 32 rings (SSSR count). The number of rotatable bonds is 0. The van der Waals surface area contributed by atoms with Crippen LogP contribution >= 0.6 is 0 Å². The molecule has 0 bridgehead atoms. The number of fused-ring (bicyclic) bond motifs is 2. The van der Waals surface area contributed by atoms with E-state index in [1.165, 1.54) is 39.0 Å². The third kappa shape index (κ3) is 1.36. The molecule has 19 aromatic carbocycles. The van der Waals surface area contributed by atoms with Crippen molar-refractivity contribution in [1.82, 2.24) is 9.80 Å². The van der Waals surface area contributed by atoms with Crippen LogP contribution < -0.4 is 5.22 Å². The molecule has 19 aromatic rings. The molecule has 8 unspecified atom stereocenters. The lowest BCUT2D eigenvalue weighted by atomic mass is 9.39. The van der Waals surface area contributed by atoms with E-state index in [4.69, 9.17) is 0 Å². The summed E-state index contributed by atoms with van der Waals surface area (Å²) >= 11 is 0. The summed E-state index contributed by atoms with van der Waals surface area (Å²) in [5.74, 6) is 2.02. The van der Waals surface area contributed by atoms with Gasteiger partial charge < -0.3 is 9.80 Å². The van der Waals surface area contributed by atoms with Crippen LogP contribution in [0.25, 0.3) is 205 Å². The first kappa shape index (κ1) is 26.3. The van der Waals surface area contributed by atoms with Crippen molar-refractivity contribution >= 4 is 205 Å². The van der Waals surface area contributed by atoms with E-state index in [1.807, 2.05) is 93.6 Å². The Balaban J connectivity index is 1.18. The zero-order valence-corrected chi connectivity index (χ0v) is 36.4. The Hall–Kier alpha value is -6.58. The summed E-state index contributed by atoms with van der Waals surface area (Å²) in [6.07, 6.45) is 2.48. The minimum Gasteiger partial charge on any atom is -0.305 e. The van der Waals surface area contributed by atoms with Gasteiger partial charge in [-0.1, -0.05) is 5.57 Å². The summed E-state index contributed by atoms with van der Waals surface area (Å²) in [6.45, 7) is 4.92. The van der Waals surface area contributed by atoms with Crippen LogP contribution in [-0.4, -0.2) is 50.1 Å². The molecule has 3 fully saturated rings. The Kier molecular flexibility index (Phi) is 2.25. The first-order valence-corrected chi connectivity index (χ1v) is 26.7. The topological polar surface area (TPSA) is 6.48 Å². The molecule has 11 aliphatic carbocycles. The molecule has 2 heteroatoms. The lowest BCUT2D eigenvalue weighted by molar-refractivity contribution is 0.0229. The van der Waals surface area contributed by atoms with Crippen LogP contribution in [0.15, 0.2) is 5.57 Å². The zero-order chi connectivity index (χ0) is 40.6. The van der Waals surface area contributed by atoms with Gasteiger partial charge >= 0.3 is 0 Å². The van der Waals surface area contributed by atoms with Crippen molar-refractivity contribution in [1.29, 1.82) is 0 Å². The summed E-state index contributed by atoms with van der Waals surface area (Å²) < 4.78 is 0. The van der Waals surface area contributed by atoms with Gasteiger partial charge in [-0.2, -0.15) is 0 Å². The van der Waals surface area contributed by atoms with Crippen molar-refractivity contribution in [2.45, 2.75) is 41.4 Å². The van der Waals surface area contributed by atoms with Crippen LogP contribution in [0.4, 0.5) is 0 Å². The fourth-order valence-corrected chi connectivity index (χ4v) is 28.8. The van der Waals surface area contributed by atoms with Gasteiger partial charge in [0.2, 0.25) is 0 Å². The smallest absolute Gasteiger partial charge is 0.0460 e. The van der Waals surface area contributed by atoms with Gasteiger partial charge in [0.05, 0.1) is 0 Å². The Labute approximate surface area is 377 Å². The molecular formula is C66H22N2. The van der Waals surface area contributed by atoms with Gasteiger partial charge in [0.25, 0.3) is 0 Å². The molecule has 0 aromatic heterocycles. The number of hydrogen-bond donors (Lipinski definition) is 0. The molecule has 2 heterocycles. The maximum absolute atomic E-state index is 2.98. The van der Waals surface area contributed by atoms with E-state index in [1.54, 1.807) is 178 Å². The third-order valence-corrected chi connectivity index (χ3v) is 28.0. The van der Waals surface area contributed by atoms with Gasteiger partial charge in [-0.25, -0.2) is 0 Å². The highest BCUT2D eigenvalue weighted by Crippen LogP contribution is 2.92. The Bertz CT molecular complexity index is 6470. The predicted molar refractivity (Wildman–Crippen MR) is 275 cm³/mol. The molecule has 68 heavy (non-hydrogen) atoms. The average Bonchev–Trinajstić information content (AvgIpc) is 4.21. The number of likely N-dealkylation sites (N-methyl/N-ethyl adjacent to an activating group) is 2. The highest BCUT2D eigenvalue weighted by molar-refractivity contribution is 6.74. The second kappa shape index (κ2) is 5.82. The van der Waals surface area contributed by atoms with Gasteiger partial charge in [0.15, 0.2) is 0 Å². The molecule has 2 nitrogen and oxygen atoms in total. The summed E-state index contributed by atoms with van der Waals surface area (Å²) in [5, 5.41) is 65.1. The van der Waals surface area contributed by atoms with E-state index in [0.717, 1.165) is 0 Å². The second-order valence-corrected chi connectivity index (χ2v) is 27.8. The largest absolute Gasteiger partial charge is 0.305 e. The van der Waals surface area contributed by atoms with Crippen LogP contribution in [0.5, 0.6) is 0 Å². The molecule has 0 radical (unpaired) electrons. The molecule has 13 aliphatic rings. The lowest BCUT2D eigenvalue weighted by Crippen LogP contribution is -2.62. The summed E-state index contributed by atoms with van der Waals surface area (Å²) in [5.41, 5.74) is 25.0. The normalized spacial score (nSPS) is 35.5. The maximum atomic E-state index is 2.98. The number of benzene rings is 13. The lowest BCUT2D eigenvalue weighted by Gasteiger charge is -2.62. The van der Waals surface area contributed by atoms with Gasteiger partial charge in [-0.05, 0) is 299 Å². The highest BCUT2D eigenvalue weighted by atomic mass is 15.2. The van der Waals surface area contributed by atoms with E-state index >= 15 is 0 Å². The monoisotopic (exact) mass is 842 g/mol. The van der Waals surface area contributed by atoms with Gasteiger partial charge in [0.1, 0.15) is 0 Å². The molecule has 4 spiro atoms. The van der Waals surface area contributed by atoms with E-state index in [-0.39, 0.29) is 21.7 Å². The fourth-order valence-electron chi connectivity index (χ4n) is 28.8. The zero-order valence-electron chi connectivity index (χ0n) is 36.4. The molecule has 2 saturated heterocycles. The van der Waals surface area contributed by atoms with Crippen molar-refractivity contribution in [3.8, 4) is 0 Å². The number of nitrogens with zero attached hydrogens (tertiary/aromatic N) is 2. The van der Waals surface area contributed by atoms with Crippen molar-refractivity contribution < 1.29 is 0 Å². The highest BCUT2D eigenvalue weighted by Gasteiger charge is 2.86. The second-order valence-electron chi connectivity index (χ2n) is 27.8. The average molecular weight is 843 g/mol. The minimum atomic E-state index is -0.0161. The van der Waals surface area contributed by atoms with Gasteiger partial charge in [-0.3, -0.25) is 0 Å². The SMILES string of the molecule is CN1CC23C4=C5Cc6c7c5c5c8c9c%10c%11c%12c(c2c2c%13c%14c%15c%16c%17c%18c%19c%20c(c6c6c%20c%20c%18c%18c%21c%17c%14c%14c(c%12%13)c%11c%11c9c9c%12c8c7c6c%12c%20c%18c9c%11c%14%21)=C6CC3(C1)C(C2%15)C61CN(C)CC%16%191)C4C5%10. The molecular weight excluding hydrogens is 821 g/mol. The van der Waals surface area contributed by atoms with Crippen LogP contribution in [0.2, 0.25) is 0 Å². The molecule has 2 aliphatic heterocycles. The van der Waals surface area contributed by atoms with E-state index in [2.05, 4.69) is 23.9 Å². The first-order valence-electron chi connectivity index (χ1n) is 26.7. The first-order chi connectivity index (χ1) is 33.6. The summed E-state index contributed by atoms with van der Waals surface area (Å²) in [7, 11) is 5.22. The molecule has 8 atom stereocenters. The van der Waals surface area contributed by atoms with Gasteiger partial charge in [-0.15, -0.1) is 0 Å². The van der Waals surface area contributed by atoms with Crippen LogP contribution in [0, 0.1) is 16.7 Å². The van der Waals surface area contributed by atoms with E-state index in [0.29, 0.717) is 23.7 Å². The standard InChI is InChI=1S/C66H22N2/c1-67-5-63-4-11-15-13-9-3-10-14-12(9)16-19-17(13)43-40-33-22(19)23-20(16)21-18(14)44-36-24(21)26-25(23)27-29-28(26)31-34-35-32(29)39-38(30(27)33)46(40)53-54-47(39)42(35)49-48-41(34)45(37(31)36)52-51(44)58(10)65(63,7-67)59(52)55(48)57-56(49)61(54)66(60(53)50(15)43)8-68(2)6-64(11,66)62(57)63/h44,51,57,62H,3-8H2,1-2H3. The van der Waals surface area contributed by atoms with Crippen LogP contribution in [-0.2, 0) is 17.3 Å². The van der Waals surface area contributed by atoms with E-state index < -0.39 is 0 Å². The van der Waals surface area contributed by atoms with Gasteiger partial charge in [0, 0.05) is 65.6 Å². The number of hydrogen-bond acceptors (Lipinski definition) is 2. The summed E-state index contributed by atoms with van der Waals surface area (Å²) in [4.78, 5) is 5.95. The fraction of sp³-hybridized carbons (Fsp3) is 0.242. The Morgan fingerprint density at radius 1 is 0.368 bits per heavy atom. The molecule has 0 N–H and O–H groups in total. The molecule has 296 valence electrons. The Morgan fingerprint density at radius 3 is 1.50 bits per heavy atom. The maximum Gasteiger partial charge on any atom is 0.0460 e. The third-order valence-electron chi connectivity index (χ3n) is 28.0. The molecule has 1 saturated carbocycles. The number of likely N-dealkylation sites (tertiary alicyclic amines) is 2.